The maximum absolute atomic E-state index is 11.9. The normalized spacial score (nSPS) is 17.8. The molecule has 0 bridgehead atoms. The molecular weight excluding hydrogens is 235 g/mol. The van der Waals surface area contributed by atoms with E-state index >= 15 is 0 Å². The summed E-state index contributed by atoms with van der Waals surface area (Å²) in [5, 5.41) is 0. The van der Waals surface area contributed by atoms with Crippen LogP contribution in [0, 0.1) is 5.41 Å². The van der Waals surface area contributed by atoms with Crippen molar-refractivity contribution in [1.29, 1.82) is 0 Å². The number of rotatable bonds is 4. The Morgan fingerprint density at radius 2 is 1.47 bits per heavy atom. The molecule has 1 aliphatic heterocycles. The monoisotopic (exact) mass is 254 g/mol. The summed E-state index contributed by atoms with van der Waals surface area (Å²) in [6.07, 6.45) is 0.676. The van der Waals surface area contributed by atoms with Crippen LogP contribution >= 0.6 is 0 Å². The molecule has 1 fully saturated rings. The van der Waals surface area contributed by atoms with Crippen molar-refractivity contribution in [3.63, 3.8) is 0 Å². The first kappa shape index (κ1) is 16.9. The fraction of sp³-hybridized carbons (Fsp3) is 0.818. The summed E-state index contributed by atoms with van der Waals surface area (Å²) in [6, 6.07) is 0. The second-order valence-corrected chi connectivity index (χ2v) is 3.64. The second-order valence-electron chi connectivity index (χ2n) is 3.64. The Labute approximate surface area is 123 Å². The SMILES string of the molecule is CCOC(=O)C1(C(=O)OCC)CCOCC1.[NaH]. The van der Waals surface area contributed by atoms with E-state index in [-0.39, 0.29) is 42.8 Å². The zero-order chi connectivity index (χ0) is 12.0. The average Bonchev–Trinajstić information content (AvgIpc) is 2.30. The van der Waals surface area contributed by atoms with E-state index in [1.165, 1.54) is 0 Å². The summed E-state index contributed by atoms with van der Waals surface area (Å²) in [6.45, 7) is 4.74. The van der Waals surface area contributed by atoms with E-state index in [9.17, 15) is 9.59 Å². The third-order valence-corrected chi connectivity index (χ3v) is 2.68. The predicted octanol–water partition coefficient (Wildman–Crippen LogP) is 0.261. The Morgan fingerprint density at radius 3 is 1.82 bits per heavy atom. The zero-order valence-electron chi connectivity index (χ0n) is 9.78. The molecule has 0 amide bonds. The number of hydrogen-bond donors (Lipinski definition) is 0. The van der Waals surface area contributed by atoms with Crippen molar-refractivity contribution in [2.75, 3.05) is 26.4 Å². The molecule has 0 atom stereocenters. The molecule has 1 aliphatic rings. The van der Waals surface area contributed by atoms with Crippen molar-refractivity contribution in [2.45, 2.75) is 26.7 Å². The van der Waals surface area contributed by atoms with Crippen LogP contribution in [-0.4, -0.2) is 67.9 Å². The average molecular weight is 254 g/mol. The summed E-state index contributed by atoms with van der Waals surface area (Å²) in [5.74, 6) is -0.978. The van der Waals surface area contributed by atoms with E-state index in [1.54, 1.807) is 13.8 Å². The summed E-state index contributed by atoms with van der Waals surface area (Å²) < 4.78 is 15.1. The van der Waals surface area contributed by atoms with E-state index in [2.05, 4.69) is 0 Å². The molecule has 6 heteroatoms. The molecule has 5 nitrogen and oxygen atoms in total. The van der Waals surface area contributed by atoms with Crippen LogP contribution in [0.5, 0.6) is 0 Å². The molecule has 0 saturated carbocycles. The topological polar surface area (TPSA) is 61.8 Å². The van der Waals surface area contributed by atoms with E-state index in [1.807, 2.05) is 0 Å². The Hall–Kier alpha value is -0.100. The van der Waals surface area contributed by atoms with Gasteiger partial charge in [0.05, 0.1) is 13.2 Å². The van der Waals surface area contributed by atoms with Crippen molar-refractivity contribution in [2.24, 2.45) is 5.41 Å². The van der Waals surface area contributed by atoms with Crippen LogP contribution in [0.15, 0.2) is 0 Å². The minimum atomic E-state index is -1.15. The zero-order valence-corrected chi connectivity index (χ0v) is 9.78. The van der Waals surface area contributed by atoms with Crippen LogP contribution in [-0.2, 0) is 23.8 Å². The Morgan fingerprint density at radius 1 is 1.06 bits per heavy atom. The summed E-state index contributed by atoms with van der Waals surface area (Å²) in [7, 11) is 0. The molecule has 0 spiro atoms. The van der Waals surface area contributed by atoms with Crippen LogP contribution in [0.4, 0.5) is 0 Å². The van der Waals surface area contributed by atoms with Gasteiger partial charge < -0.3 is 14.2 Å². The fourth-order valence-corrected chi connectivity index (χ4v) is 1.75. The maximum atomic E-state index is 11.9. The first-order valence-corrected chi connectivity index (χ1v) is 5.59. The van der Waals surface area contributed by atoms with Gasteiger partial charge in [-0.3, -0.25) is 9.59 Å². The van der Waals surface area contributed by atoms with Gasteiger partial charge in [-0.15, -0.1) is 0 Å². The van der Waals surface area contributed by atoms with E-state index < -0.39 is 17.4 Å². The molecule has 1 rings (SSSR count). The minimum absolute atomic E-state index is 0. The molecule has 0 aliphatic carbocycles. The molecular formula is C11H19NaO5. The fourth-order valence-electron chi connectivity index (χ4n) is 1.75. The summed E-state index contributed by atoms with van der Waals surface area (Å²) in [4.78, 5) is 23.7. The molecule has 1 heterocycles. The van der Waals surface area contributed by atoms with Crippen molar-refractivity contribution in [3.8, 4) is 0 Å². The van der Waals surface area contributed by atoms with Crippen molar-refractivity contribution in [3.05, 3.63) is 0 Å². The first-order chi connectivity index (χ1) is 7.67. The number of hydrogen-bond acceptors (Lipinski definition) is 5. The summed E-state index contributed by atoms with van der Waals surface area (Å²) in [5.41, 5.74) is -1.15. The number of ether oxygens (including phenoxy) is 3. The van der Waals surface area contributed by atoms with Gasteiger partial charge in [-0.1, -0.05) is 0 Å². The van der Waals surface area contributed by atoms with Crippen LogP contribution in [0.25, 0.3) is 0 Å². The predicted molar refractivity (Wildman–Crippen MR) is 62.9 cm³/mol. The van der Waals surface area contributed by atoms with Crippen molar-refractivity contribution >= 4 is 41.5 Å². The standard InChI is InChI=1S/C11H18O5.Na.H/c1-3-15-9(12)11(10(13)16-4-2)5-7-14-8-6-11;;/h3-8H2,1-2H3;;. The summed E-state index contributed by atoms with van der Waals surface area (Å²) >= 11 is 0. The van der Waals surface area contributed by atoms with Crippen molar-refractivity contribution in [1.82, 2.24) is 0 Å². The third kappa shape index (κ3) is 3.95. The van der Waals surface area contributed by atoms with E-state index in [0.717, 1.165) is 0 Å². The molecule has 0 aromatic heterocycles. The third-order valence-electron chi connectivity index (χ3n) is 2.68. The van der Waals surface area contributed by atoms with Crippen LogP contribution in [0.3, 0.4) is 0 Å². The second kappa shape index (κ2) is 8.08. The van der Waals surface area contributed by atoms with E-state index in [4.69, 9.17) is 14.2 Å². The molecule has 17 heavy (non-hydrogen) atoms. The van der Waals surface area contributed by atoms with Gasteiger partial charge in [0.25, 0.3) is 0 Å². The molecule has 0 radical (unpaired) electrons. The van der Waals surface area contributed by atoms with Gasteiger partial charge in [0.1, 0.15) is 0 Å². The molecule has 0 aromatic rings. The Bertz CT molecular complexity index is 241. The molecule has 0 N–H and O–H groups in total. The van der Waals surface area contributed by atoms with Gasteiger partial charge in [-0.2, -0.15) is 0 Å². The number of esters is 2. The van der Waals surface area contributed by atoms with E-state index in [0.29, 0.717) is 26.1 Å². The van der Waals surface area contributed by atoms with Crippen LogP contribution in [0.2, 0.25) is 0 Å². The number of carbonyl (C=O) groups is 2. The molecule has 0 aromatic carbocycles. The molecule has 1 saturated heterocycles. The Balaban J connectivity index is 0.00000256. The van der Waals surface area contributed by atoms with Crippen LogP contribution in [0.1, 0.15) is 26.7 Å². The van der Waals surface area contributed by atoms with Crippen molar-refractivity contribution < 1.29 is 23.8 Å². The quantitative estimate of drug-likeness (QED) is 0.409. The van der Waals surface area contributed by atoms with Gasteiger partial charge in [-0.05, 0) is 26.7 Å². The van der Waals surface area contributed by atoms with Crippen LogP contribution < -0.4 is 0 Å². The molecule has 94 valence electrons. The first-order valence-electron chi connectivity index (χ1n) is 5.59. The Kier molecular flexibility index (Phi) is 8.03. The van der Waals surface area contributed by atoms with Gasteiger partial charge in [0.15, 0.2) is 5.41 Å². The van der Waals surface area contributed by atoms with Gasteiger partial charge in [0.2, 0.25) is 0 Å². The molecule has 0 unspecified atom stereocenters. The number of carbonyl (C=O) groups excluding carboxylic acids is 2. The van der Waals surface area contributed by atoms with Gasteiger partial charge in [-0.25, -0.2) is 0 Å². The van der Waals surface area contributed by atoms with Gasteiger partial charge in [0, 0.05) is 13.2 Å². The van der Waals surface area contributed by atoms with Gasteiger partial charge >= 0.3 is 41.5 Å².